The lowest BCUT2D eigenvalue weighted by Crippen LogP contribution is -2.42. The van der Waals surface area contributed by atoms with Crippen molar-refractivity contribution in [3.05, 3.63) is 0 Å². The molecular weight excluding hydrogens is 190 g/mol. The van der Waals surface area contributed by atoms with E-state index in [1.165, 1.54) is 6.42 Å². The predicted molar refractivity (Wildman–Crippen MR) is 63.9 cm³/mol. The Kier molecular flexibility index (Phi) is 7.77. The maximum Gasteiger partial charge on any atom is 0.0489 e. The third-order valence-corrected chi connectivity index (χ3v) is 2.43. The van der Waals surface area contributed by atoms with Gasteiger partial charge >= 0.3 is 0 Å². The normalized spacial score (nSPS) is 24.6. The number of nitrogens with zero attached hydrogens (tertiary/aromatic N) is 1. The highest BCUT2D eigenvalue weighted by molar-refractivity contribution is 4.58. The van der Waals surface area contributed by atoms with Gasteiger partial charge in [0, 0.05) is 39.5 Å². The molecular formula is C10H25N5. The summed E-state index contributed by atoms with van der Waals surface area (Å²) < 4.78 is 0. The number of nitrogens with one attached hydrogen (secondary N) is 4. The third kappa shape index (κ3) is 7.70. The van der Waals surface area contributed by atoms with Crippen molar-refractivity contribution in [3.63, 3.8) is 0 Å². The molecule has 0 aromatic carbocycles. The Morgan fingerprint density at radius 2 is 1.13 bits per heavy atom. The van der Waals surface area contributed by atoms with Crippen LogP contribution in [0.5, 0.6) is 0 Å². The summed E-state index contributed by atoms with van der Waals surface area (Å²) in [6.07, 6.45) is 1.21. The maximum atomic E-state index is 3.42. The van der Waals surface area contributed by atoms with E-state index in [1.807, 2.05) is 0 Å². The molecule has 1 fully saturated rings. The highest BCUT2D eigenvalue weighted by Crippen LogP contribution is 1.77. The summed E-state index contributed by atoms with van der Waals surface area (Å²) in [5.41, 5.74) is 0. The zero-order valence-electron chi connectivity index (χ0n) is 9.81. The largest absolute Gasteiger partial charge is 0.315 e. The van der Waals surface area contributed by atoms with Gasteiger partial charge in [-0.1, -0.05) is 0 Å². The topological polar surface area (TPSA) is 51.4 Å². The molecule has 0 bridgehead atoms. The van der Waals surface area contributed by atoms with E-state index >= 15 is 0 Å². The molecule has 4 N–H and O–H groups in total. The molecule has 0 unspecified atom stereocenters. The molecule has 0 aromatic rings. The SMILES string of the molecule is CN1CNCCNCCCNCCNC1. The Morgan fingerprint density at radius 3 is 1.67 bits per heavy atom. The van der Waals surface area contributed by atoms with Crippen molar-refractivity contribution in [3.8, 4) is 0 Å². The summed E-state index contributed by atoms with van der Waals surface area (Å²) in [7, 11) is 2.12. The molecule has 0 aromatic heterocycles. The average molecular weight is 215 g/mol. The Labute approximate surface area is 93.0 Å². The number of hydrogen-bond acceptors (Lipinski definition) is 5. The average Bonchev–Trinajstić information content (AvgIpc) is 2.24. The molecule has 0 amide bonds. The molecule has 1 rings (SSSR count). The van der Waals surface area contributed by atoms with Gasteiger partial charge in [-0.25, -0.2) is 0 Å². The van der Waals surface area contributed by atoms with Gasteiger partial charge in [-0.05, 0) is 26.6 Å². The van der Waals surface area contributed by atoms with Gasteiger partial charge in [0.15, 0.2) is 0 Å². The van der Waals surface area contributed by atoms with Crippen LogP contribution in [0.15, 0.2) is 0 Å². The van der Waals surface area contributed by atoms with E-state index in [0.717, 1.165) is 52.6 Å². The lowest BCUT2D eigenvalue weighted by Gasteiger charge is -2.19. The lowest BCUT2D eigenvalue weighted by molar-refractivity contribution is 0.283. The van der Waals surface area contributed by atoms with Gasteiger partial charge in [0.05, 0.1) is 0 Å². The second kappa shape index (κ2) is 9.06. The first-order chi connectivity index (χ1) is 7.39. The fraction of sp³-hybridized carbons (Fsp3) is 1.00. The summed E-state index contributed by atoms with van der Waals surface area (Å²) in [5.74, 6) is 0. The molecule has 0 atom stereocenters. The van der Waals surface area contributed by atoms with Crippen LogP contribution in [0.25, 0.3) is 0 Å². The molecule has 1 aliphatic rings. The van der Waals surface area contributed by atoms with Crippen molar-refractivity contribution >= 4 is 0 Å². The van der Waals surface area contributed by atoms with Crippen molar-refractivity contribution in [2.45, 2.75) is 6.42 Å². The van der Waals surface area contributed by atoms with Gasteiger partial charge < -0.3 is 21.3 Å². The van der Waals surface area contributed by atoms with Crippen molar-refractivity contribution < 1.29 is 0 Å². The first-order valence-electron chi connectivity index (χ1n) is 5.91. The summed E-state index contributed by atoms with van der Waals surface area (Å²) in [6.45, 7) is 8.30. The Morgan fingerprint density at radius 1 is 0.667 bits per heavy atom. The minimum atomic E-state index is 0.947. The molecule has 5 heteroatoms. The van der Waals surface area contributed by atoms with Gasteiger partial charge in [-0.15, -0.1) is 0 Å². The maximum absolute atomic E-state index is 3.42. The van der Waals surface area contributed by atoms with Crippen LogP contribution >= 0.6 is 0 Å². The van der Waals surface area contributed by atoms with Crippen LogP contribution in [0.1, 0.15) is 6.42 Å². The minimum absolute atomic E-state index is 0.947. The van der Waals surface area contributed by atoms with E-state index in [0.29, 0.717) is 0 Å². The van der Waals surface area contributed by atoms with Gasteiger partial charge in [-0.3, -0.25) is 4.90 Å². The standard InChI is InChI=1S/C10H25N5/c1-15-9-13-7-5-11-3-2-4-12-6-8-14-10-15/h11-14H,2-10H2,1H3. The van der Waals surface area contributed by atoms with E-state index in [-0.39, 0.29) is 0 Å². The van der Waals surface area contributed by atoms with Crippen molar-refractivity contribution in [1.29, 1.82) is 0 Å². The zero-order valence-corrected chi connectivity index (χ0v) is 9.81. The summed E-state index contributed by atoms with van der Waals surface area (Å²) in [5, 5.41) is 13.6. The smallest absolute Gasteiger partial charge is 0.0489 e. The number of hydrogen-bond donors (Lipinski definition) is 4. The fourth-order valence-corrected chi connectivity index (χ4v) is 1.54. The van der Waals surface area contributed by atoms with Crippen LogP contribution in [-0.2, 0) is 0 Å². The molecule has 90 valence electrons. The third-order valence-electron chi connectivity index (χ3n) is 2.43. The van der Waals surface area contributed by atoms with E-state index in [4.69, 9.17) is 0 Å². The molecule has 0 aliphatic carbocycles. The summed E-state index contributed by atoms with van der Waals surface area (Å²) in [4.78, 5) is 2.24. The van der Waals surface area contributed by atoms with E-state index in [9.17, 15) is 0 Å². The Hall–Kier alpha value is -0.200. The monoisotopic (exact) mass is 215 g/mol. The molecule has 5 nitrogen and oxygen atoms in total. The molecule has 0 radical (unpaired) electrons. The molecule has 1 heterocycles. The van der Waals surface area contributed by atoms with Crippen molar-refractivity contribution in [1.82, 2.24) is 26.2 Å². The van der Waals surface area contributed by atoms with E-state index < -0.39 is 0 Å². The van der Waals surface area contributed by atoms with E-state index in [1.54, 1.807) is 0 Å². The lowest BCUT2D eigenvalue weighted by atomic mass is 10.4. The Bertz CT molecular complexity index is 128. The zero-order chi connectivity index (χ0) is 10.8. The fourth-order valence-electron chi connectivity index (χ4n) is 1.54. The first-order valence-corrected chi connectivity index (χ1v) is 5.91. The van der Waals surface area contributed by atoms with Crippen LogP contribution in [0.4, 0.5) is 0 Å². The Balaban J connectivity index is 2.10. The van der Waals surface area contributed by atoms with Gasteiger partial charge in [0.1, 0.15) is 0 Å². The molecule has 0 spiro atoms. The van der Waals surface area contributed by atoms with Crippen LogP contribution in [0.3, 0.4) is 0 Å². The van der Waals surface area contributed by atoms with Crippen LogP contribution < -0.4 is 21.3 Å². The summed E-state index contributed by atoms with van der Waals surface area (Å²) >= 11 is 0. The first kappa shape index (κ1) is 12.9. The molecule has 0 saturated carbocycles. The van der Waals surface area contributed by atoms with E-state index in [2.05, 4.69) is 33.2 Å². The predicted octanol–water partition coefficient (Wildman–Crippen LogP) is -1.40. The number of rotatable bonds is 0. The molecule has 15 heavy (non-hydrogen) atoms. The minimum Gasteiger partial charge on any atom is -0.315 e. The van der Waals surface area contributed by atoms with Gasteiger partial charge in [0.2, 0.25) is 0 Å². The van der Waals surface area contributed by atoms with Gasteiger partial charge in [-0.2, -0.15) is 0 Å². The van der Waals surface area contributed by atoms with Crippen molar-refractivity contribution in [2.24, 2.45) is 0 Å². The van der Waals surface area contributed by atoms with Crippen LogP contribution in [0.2, 0.25) is 0 Å². The highest BCUT2D eigenvalue weighted by atomic mass is 15.3. The summed E-state index contributed by atoms with van der Waals surface area (Å²) in [6, 6.07) is 0. The quantitative estimate of drug-likeness (QED) is 0.400. The van der Waals surface area contributed by atoms with Gasteiger partial charge in [0.25, 0.3) is 0 Å². The second-order valence-electron chi connectivity index (χ2n) is 4.03. The molecule has 1 aliphatic heterocycles. The van der Waals surface area contributed by atoms with Crippen molar-refractivity contribution in [2.75, 3.05) is 59.7 Å². The van der Waals surface area contributed by atoms with Crippen LogP contribution in [-0.4, -0.2) is 64.6 Å². The second-order valence-corrected chi connectivity index (χ2v) is 4.03. The molecule has 1 saturated heterocycles. The van der Waals surface area contributed by atoms with Crippen LogP contribution in [0, 0.1) is 0 Å². The highest BCUT2D eigenvalue weighted by Gasteiger charge is 1.97.